The molecular formula is C15H14ClNO3. The second kappa shape index (κ2) is 6.39. The van der Waals surface area contributed by atoms with Gasteiger partial charge in [-0.2, -0.15) is 0 Å². The summed E-state index contributed by atoms with van der Waals surface area (Å²) in [5.74, 6) is 0.718. The largest absolute Gasteiger partial charge is 0.497 e. The van der Waals surface area contributed by atoms with E-state index >= 15 is 0 Å². The maximum absolute atomic E-state index is 11.0. The monoisotopic (exact) mass is 291 g/mol. The van der Waals surface area contributed by atoms with Crippen molar-refractivity contribution in [2.75, 3.05) is 7.11 Å². The predicted molar refractivity (Wildman–Crippen MR) is 78.4 cm³/mol. The van der Waals surface area contributed by atoms with E-state index in [1.165, 1.54) is 6.07 Å². The lowest BCUT2D eigenvalue weighted by molar-refractivity contribution is -0.385. The van der Waals surface area contributed by atoms with Crippen LogP contribution in [0.2, 0.25) is 0 Å². The number of hydrogen-bond donors (Lipinski definition) is 0. The normalized spacial score (nSPS) is 11.9. The van der Waals surface area contributed by atoms with Crippen LogP contribution in [0.5, 0.6) is 5.75 Å². The van der Waals surface area contributed by atoms with Crippen LogP contribution in [0.4, 0.5) is 5.69 Å². The van der Waals surface area contributed by atoms with Crippen LogP contribution < -0.4 is 4.74 Å². The van der Waals surface area contributed by atoms with Gasteiger partial charge >= 0.3 is 0 Å². The average molecular weight is 292 g/mol. The van der Waals surface area contributed by atoms with Crippen LogP contribution in [0.15, 0.2) is 48.5 Å². The predicted octanol–water partition coefficient (Wildman–Crippen LogP) is 4.13. The minimum atomic E-state index is -0.384. The summed E-state index contributed by atoms with van der Waals surface area (Å²) in [5, 5.41) is 10.6. The van der Waals surface area contributed by atoms with Crippen LogP contribution in [-0.2, 0) is 6.42 Å². The Morgan fingerprint density at radius 2 is 2.00 bits per heavy atom. The first-order valence-corrected chi connectivity index (χ1v) is 6.55. The Balaban J connectivity index is 2.23. The molecule has 0 fully saturated rings. The minimum absolute atomic E-state index is 0.0982. The van der Waals surface area contributed by atoms with E-state index in [-0.39, 0.29) is 16.0 Å². The molecule has 0 saturated heterocycles. The number of rotatable bonds is 5. The zero-order valence-corrected chi connectivity index (χ0v) is 11.7. The summed E-state index contributed by atoms with van der Waals surface area (Å²) < 4.78 is 5.15. The number of hydrogen-bond acceptors (Lipinski definition) is 3. The van der Waals surface area contributed by atoms with Gasteiger partial charge in [0.25, 0.3) is 5.69 Å². The highest BCUT2D eigenvalue weighted by Gasteiger charge is 2.17. The first kappa shape index (κ1) is 14.3. The molecular weight excluding hydrogens is 278 g/mol. The van der Waals surface area contributed by atoms with E-state index in [0.717, 1.165) is 11.3 Å². The average Bonchev–Trinajstić information content (AvgIpc) is 2.47. The lowest BCUT2D eigenvalue weighted by Crippen LogP contribution is -2.00. The van der Waals surface area contributed by atoms with E-state index < -0.39 is 0 Å². The molecule has 2 aromatic carbocycles. The number of nitro groups is 1. The molecule has 0 heterocycles. The summed E-state index contributed by atoms with van der Waals surface area (Å²) in [4.78, 5) is 10.6. The summed E-state index contributed by atoms with van der Waals surface area (Å²) in [5.41, 5.74) is 1.60. The number of benzene rings is 2. The van der Waals surface area contributed by atoms with E-state index in [4.69, 9.17) is 16.3 Å². The summed E-state index contributed by atoms with van der Waals surface area (Å²) in [7, 11) is 1.59. The van der Waals surface area contributed by atoms with Crippen LogP contribution in [0.1, 0.15) is 16.5 Å². The quantitative estimate of drug-likeness (QED) is 0.473. The van der Waals surface area contributed by atoms with Gasteiger partial charge in [-0.1, -0.05) is 30.3 Å². The molecule has 0 aliphatic carbocycles. The number of ether oxygens (including phenoxy) is 1. The molecule has 0 radical (unpaired) electrons. The van der Waals surface area contributed by atoms with Crippen molar-refractivity contribution in [1.29, 1.82) is 0 Å². The van der Waals surface area contributed by atoms with Gasteiger partial charge in [0.05, 0.1) is 17.4 Å². The van der Waals surface area contributed by atoms with Crippen molar-refractivity contribution < 1.29 is 9.66 Å². The van der Waals surface area contributed by atoms with E-state index in [1.807, 2.05) is 24.3 Å². The fourth-order valence-electron chi connectivity index (χ4n) is 2.01. The van der Waals surface area contributed by atoms with E-state index in [0.29, 0.717) is 12.0 Å². The zero-order valence-electron chi connectivity index (χ0n) is 11.0. The van der Waals surface area contributed by atoms with Gasteiger partial charge in [0.1, 0.15) is 5.75 Å². The van der Waals surface area contributed by atoms with Crippen LogP contribution in [0.25, 0.3) is 0 Å². The molecule has 2 aromatic rings. The highest BCUT2D eigenvalue weighted by atomic mass is 35.5. The number of nitro benzene ring substituents is 1. The van der Waals surface area contributed by atoms with Crippen molar-refractivity contribution in [3.8, 4) is 5.75 Å². The van der Waals surface area contributed by atoms with Crippen LogP contribution in [0.3, 0.4) is 0 Å². The smallest absolute Gasteiger partial charge is 0.272 e. The lowest BCUT2D eigenvalue weighted by Gasteiger charge is -2.11. The van der Waals surface area contributed by atoms with Gasteiger partial charge in [-0.05, 0) is 24.1 Å². The van der Waals surface area contributed by atoms with E-state index in [2.05, 4.69) is 0 Å². The molecule has 0 aromatic heterocycles. The SMILES string of the molecule is COc1cccc(C(Cl)Cc2ccccc2[N+](=O)[O-])c1. The lowest BCUT2D eigenvalue weighted by atomic mass is 10.0. The number of alkyl halides is 1. The highest BCUT2D eigenvalue weighted by molar-refractivity contribution is 6.21. The van der Waals surface area contributed by atoms with Crippen molar-refractivity contribution in [2.45, 2.75) is 11.8 Å². The Morgan fingerprint density at radius 3 is 2.70 bits per heavy atom. The maximum Gasteiger partial charge on any atom is 0.272 e. The van der Waals surface area contributed by atoms with Crippen molar-refractivity contribution in [3.05, 3.63) is 69.8 Å². The van der Waals surface area contributed by atoms with Gasteiger partial charge in [-0.3, -0.25) is 10.1 Å². The fraction of sp³-hybridized carbons (Fsp3) is 0.200. The molecule has 4 nitrogen and oxygen atoms in total. The molecule has 5 heteroatoms. The third kappa shape index (κ3) is 3.27. The Kier molecular flexibility index (Phi) is 4.58. The number of halogens is 1. The second-order valence-electron chi connectivity index (χ2n) is 4.33. The fourth-order valence-corrected chi connectivity index (χ4v) is 2.31. The maximum atomic E-state index is 11.0. The van der Waals surface area contributed by atoms with Crippen molar-refractivity contribution in [2.24, 2.45) is 0 Å². The highest BCUT2D eigenvalue weighted by Crippen LogP contribution is 2.30. The zero-order chi connectivity index (χ0) is 14.5. The molecule has 1 unspecified atom stereocenters. The molecule has 1 atom stereocenters. The topological polar surface area (TPSA) is 52.4 Å². The summed E-state index contributed by atoms with van der Waals surface area (Å²) in [6.07, 6.45) is 0.395. The summed E-state index contributed by atoms with van der Waals surface area (Å²) in [6, 6.07) is 14.1. The molecule has 0 N–H and O–H groups in total. The number of methoxy groups -OCH3 is 1. The minimum Gasteiger partial charge on any atom is -0.497 e. The van der Waals surface area contributed by atoms with Crippen LogP contribution in [-0.4, -0.2) is 12.0 Å². The van der Waals surface area contributed by atoms with E-state index in [1.54, 1.807) is 25.3 Å². The third-order valence-electron chi connectivity index (χ3n) is 3.04. The molecule has 20 heavy (non-hydrogen) atoms. The Labute approximate surface area is 122 Å². The van der Waals surface area contributed by atoms with E-state index in [9.17, 15) is 10.1 Å². The van der Waals surface area contributed by atoms with Crippen LogP contribution >= 0.6 is 11.6 Å². The van der Waals surface area contributed by atoms with Gasteiger partial charge < -0.3 is 4.74 Å². The second-order valence-corrected chi connectivity index (χ2v) is 4.86. The third-order valence-corrected chi connectivity index (χ3v) is 3.45. The molecule has 0 aliphatic heterocycles. The molecule has 0 spiro atoms. The number of nitrogens with zero attached hydrogens (tertiary/aromatic N) is 1. The summed E-state index contributed by atoms with van der Waals surface area (Å²) >= 11 is 6.37. The molecule has 0 aliphatic rings. The first-order chi connectivity index (χ1) is 9.61. The van der Waals surface area contributed by atoms with Gasteiger partial charge in [0, 0.05) is 11.6 Å². The van der Waals surface area contributed by atoms with Gasteiger partial charge in [0.2, 0.25) is 0 Å². The summed E-state index contributed by atoms with van der Waals surface area (Å²) in [6.45, 7) is 0. The number of para-hydroxylation sites is 1. The standard InChI is InChI=1S/C15H14ClNO3/c1-20-13-7-4-6-11(9-13)14(16)10-12-5-2-3-8-15(12)17(18)19/h2-9,14H,10H2,1H3. The van der Waals surface area contributed by atoms with Crippen molar-refractivity contribution >= 4 is 17.3 Å². The Bertz CT molecular complexity index is 616. The molecule has 0 saturated carbocycles. The molecule has 0 bridgehead atoms. The first-order valence-electron chi connectivity index (χ1n) is 6.12. The molecule has 2 rings (SSSR count). The van der Waals surface area contributed by atoms with Crippen molar-refractivity contribution in [1.82, 2.24) is 0 Å². The van der Waals surface area contributed by atoms with Gasteiger partial charge in [-0.25, -0.2) is 0 Å². The molecule has 0 amide bonds. The molecule has 104 valence electrons. The van der Waals surface area contributed by atoms with Gasteiger partial charge in [-0.15, -0.1) is 11.6 Å². The van der Waals surface area contributed by atoms with Crippen molar-refractivity contribution in [3.63, 3.8) is 0 Å². The Morgan fingerprint density at radius 1 is 1.25 bits per heavy atom. The van der Waals surface area contributed by atoms with Gasteiger partial charge in [0.15, 0.2) is 0 Å². The Hall–Kier alpha value is -2.07. The van der Waals surface area contributed by atoms with Crippen LogP contribution in [0, 0.1) is 10.1 Å².